The summed E-state index contributed by atoms with van der Waals surface area (Å²) >= 11 is 0. The fraction of sp³-hybridized carbons (Fsp3) is 0.688. The molecule has 0 radical (unpaired) electrons. The molecule has 2 unspecified atom stereocenters. The predicted octanol–water partition coefficient (Wildman–Crippen LogP) is 4.77. The van der Waals surface area contributed by atoms with Crippen LogP contribution in [0.5, 0.6) is 0 Å². The lowest BCUT2D eigenvalue weighted by Gasteiger charge is -2.32. The maximum absolute atomic E-state index is 6.10. The summed E-state index contributed by atoms with van der Waals surface area (Å²) in [6, 6.07) is 0. The van der Waals surface area contributed by atoms with Gasteiger partial charge in [0.1, 0.15) is 0 Å². The molecule has 2 heteroatoms. The molecule has 0 saturated heterocycles. The van der Waals surface area contributed by atoms with E-state index in [0.717, 1.165) is 5.70 Å². The van der Waals surface area contributed by atoms with Gasteiger partial charge in [0.05, 0.1) is 17.4 Å². The number of allylic oxidation sites excluding steroid dienone is 1. The van der Waals surface area contributed by atoms with E-state index >= 15 is 0 Å². The molecule has 1 heterocycles. The number of rotatable bonds is 3. The molecule has 0 aromatic carbocycles. The van der Waals surface area contributed by atoms with Crippen LogP contribution in [0.3, 0.4) is 0 Å². The maximum atomic E-state index is 6.10. The molecule has 1 rings (SSSR count). The second kappa shape index (κ2) is 6.89. The van der Waals surface area contributed by atoms with Gasteiger partial charge in [0, 0.05) is 5.57 Å². The van der Waals surface area contributed by atoms with Crippen molar-refractivity contribution in [1.29, 1.82) is 0 Å². The quantitative estimate of drug-likeness (QED) is 0.662. The molecule has 0 amide bonds. The maximum Gasteiger partial charge on any atom is 0.0982 e. The zero-order valence-corrected chi connectivity index (χ0v) is 13.3. The number of aliphatic imine (C=N–C) groups is 1. The van der Waals surface area contributed by atoms with Crippen LogP contribution in [0.15, 0.2) is 27.9 Å². The van der Waals surface area contributed by atoms with Crippen LogP contribution in [0.2, 0.25) is 0 Å². The summed E-state index contributed by atoms with van der Waals surface area (Å²) in [6.07, 6.45) is 2.15. The largest absolute Gasteiger partial charge is 0.361 e. The average molecular weight is 251 g/mol. The summed E-state index contributed by atoms with van der Waals surface area (Å²) < 4.78 is 6.10. The standard InChI is InChI=1S/C14H23NO.C2H6/c1-8-10(4)12-13(15-7)11(5)16-14(12,6)9(2)3;1-2/h8-9,11H,7H2,1-6H3;1-2H3/b10-8-;. The fourth-order valence-electron chi connectivity index (χ4n) is 2.31. The Morgan fingerprint density at radius 3 is 2.28 bits per heavy atom. The highest BCUT2D eigenvalue weighted by Crippen LogP contribution is 2.44. The molecule has 0 bridgehead atoms. The molecule has 0 aromatic heterocycles. The zero-order chi connectivity index (χ0) is 14.5. The van der Waals surface area contributed by atoms with Crippen LogP contribution < -0.4 is 0 Å². The number of hydrogen-bond donors (Lipinski definition) is 0. The van der Waals surface area contributed by atoms with E-state index in [0.29, 0.717) is 5.92 Å². The van der Waals surface area contributed by atoms with Crippen molar-refractivity contribution in [3.63, 3.8) is 0 Å². The highest BCUT2D eigenvalue weighted by atomic mass is 16.5. The van der Waals surface area contributed by atoms with Gasteiger partial charge >= 0.3 is 0 Å². The Bertz CT molecular complexity index is 352. The van der Waals surface area contributed by atoms with Crippen molar-refractivity contribution >= 4 is 6.72 Å². The Balaban J connectivity index is 0.00000137. The fourth-order valence-corrected chi connectivity index (χ4v) is 2.31. The first kappa shape index (κ1) is 17.1. The van der Waals surface area contributed by atoms with Crippen molar-refractivity contribution in [2.24, 2.45) is 10.9 Å². The van der Waals surface area contributed by atoms with Gasteiger partial charge in [0.15, 0.2) is 0 Å². The van der Waals surface area contributed by atoms with Gasteiger partial charge in [-0.25, -0.2) is 0 Å². The lowest BCUT2D eigenvalue weighted by atomic mass is 9.81. The van der Waals surface area contributed by atoms with E-state index in [9.17, 15) is 0 Å². The Morgan fingerprint density at radius 2 is 1.94 bits per heavy atom. The second-order valence-electron chi connectivity index (χ2n) is 4.91. The van der Waals surface area contributed by atoms with Gasteiger partial charge in [-0.05, 0) is 45.9 Å². The first-order valence-electron chi connectivity index (χ1n) is 6.91. The van der Waals surface area contributed by atoms with E-state index < -0.39 is 0 Å². The monoisotopic (exact) mass is 251 g/mol. The molecule has 0 spiro atoms. The highest BCUT2D eigenvalue weighted by Gasteiger charge is 2.44. The van der Waals surface area contributed by atoms with Crippen molar-refractivity contribution in [2.75, 3.05) is 0 Å². The highest BCUT2D eigenvalue weighted by molar-refractivity contribution is 5.47. The summed E-state index contributed by atoms with van der Waals surface area (Å²) in [5.41, 5.74) is 3.20. The van der Waals surface area contributed by atoms with Crippen LogP contribution in [0, 0.1) is 5.92 Å². The lowest BCUT2D eigenvalue weighted by molar-refractivity contribution is -0.0404. The molecule has 0 aliphatic carbocycles. The van der Waals surface area contributed by atoms with Crippen LogP contribution in [-0.4, -0.2) is 18.4 Å². The van der Waals surface area contributed by atoms with Crippen LogP contribution in [0.25, 0.3) is 0 Å². The van der Waals surface area contributed by atoms with E-state index in [1.54, 1.807) is 0 Å². The molecule has 1 aliphatic rings. The van der Waals surface area contributed by atoms with Crippen LogP contribution in [0.1, 0.15) is 55.4 Å². The molecule has 0 fully saturated rings. The smallest absolute Gasteiger partial charge is 0.0982 e. The SMILES string of the molecule is C=NC1=C(/C(C)=C\C)C(C)(C(C)C)OC1C.CC. The molecule has 2 atom stereocenters. The van der Waals surface area contributed by atoms with Gasteiger partial charge in [-0.15, -0.1) is 0 Å². The second-order valence-corrected chi connectivity index (χ2v) is 4.91. The third kappa shape index (κ3) is 2.92. The van der Waals surface area contributed by atoms with E-state index in [-0.39, 0.29) is 11.7 Å². The van der Waals surface area contributed by atoms with Gasteiger partial charge in [-0.1, -0.05) is 33.8 Å². The van der Waals surface area contributed by atoms with Crippen molar-refractivity contribution in [2.45, 2.75) is 67.1 Å². The minimum atomic E-state index is -0.244. The summed E-state index contributed by atoms with van der Waals surface area (Å²) in [5, 5.41) is 0. The van der Waals surface area contributed by atoms with Crippen molar-refractivity contribution in [3.05, 3.63) is 22.9 Å². The van der Waals surface area contributed by atoms with E-state index in [4.69, 9.17) is 4.74 Å². The third-order valence-electron chi connectivity index (χ3n) is 3.66. The number of ether oxygens (including phenoxy) is 1. The first-order chi connectivity index (χ1) is 8.38. The Morgan fingerprint density at radius 1 is 1.44 bits per heavy atom. The lowest BCUT2D eigenvalue weighted by Crippen LogP contribution is -2.35. The Labute approximate surface area is 113 Å². The molecule has 2 nitrogen and oxygen atoms in total. The zero-order valence-electron chi connectivity index (χ0n) is 13.3. The molecule has 18 heavy (non-hydrogen) atoms. The van der Waals surface area contributed by atoms with Crippen molar-refractivity contribution in [1.82, 2.24) is 0 Å². The molecular weight excluding hydrogens is 222 g/mol. The topological polar surface area (TPSA) is 21.6 Å². The van der Waals surface area contributed by atoms with E-state index in [1.807, 2.05) is 27.7 Å². The molecule has 0 aromatic rings. The molecule has 0 N–H and O–H groups in total. The van der Waals surface area contributed by atoms with Gasteiger partial charge in [-0.2, -0.15) is 0 Å². The molecule has 104 valence electrons. The normalized spacial score (nSPS) is 28.3. The van der Waals surface area contributed by atoms with E-state index in [1.165, 1.54) is 11.1 Å². The Kier molecular flexibility index (Phi) is 6.55. The van der Waals surface area contributed by atoms with Crippen molar-refractivity contribution in [3.8, 4) is 0 Å². The van der Waals surface area contributed by atoms with Gasteiger partial charge in [0.25, 0.3) is 0 Å². The van der Waals surface area contributed by atoms with Crippen LogP contribution in [-0.2, 0) is 4.74 Å². The minimum absolute atomic E-state index is 0.0369. The summed E-state index contributed by atoms with van der Waals surface area (Å²) in [4.78, 5) is 4.16. The molecule has 0 saturated carbocycles. The molecule has 1 aliphatic heterocycles. The van der Waals surface area contributed by atoms with Crippen LogP contribution >= 0.6 is 0 Å². The average Bonchev–Trinajstić information content (AvgIpc) is 2.62. The summed E-state index contributed by atoms with van der Waals surface area (Å²) in [7, 11) is 0. The van der Waals surface area contributed by atoms with Gasteiger partial charge in [0.2, 0.25) is 0 Å². The predicted molar refractivity (Wildman–Crippen MR) is 81.1 cm³/mol. The summed E-state index contributed by atoms with van der Waals surface area (Å²) in [5.74, 6) is 0.416. The molecular formula is C16H29NO. The van der Waals surface area contributed by atoms with Crippen LogP contribution in [0.4, 0.5) is 0 Å². The Hall–Kier alpha value is -0.890. The van der Waals surface area contributed by atoms with Crippen molar-refractivity contribution < 1.29 is 4.74 Å². The number of nitrogens with zero attached hydrogens (tertiary/aromatic N) is 1. The van der Waals surface area contributed by atoms with Gasteiger partial charge < -0.3 is 4.74 Å². The third-order valence-corrected chi connectivity index (χ3v) is 3.66. The first-order valence-corrected chi connectivity index (χ1v) is 6.91. The minimum Gasteiger partial charge on any atom is -0.361 e. The number of hydrogen-bond acceptors (Lipinski definition) is 2. The van der Waals surface area contributed by atoms with E-state index in [2.05, 4.69) is 45.5 Å². The summed E-state index contributed by atoms with van der Waals surface area (Å²) in [6.45, 7) is 20.4. The van der Waals surface area contributed by atoms with Gasteiger partial charge in [-0.3, -0.25) is 4.99 Å².